The first-order chi connectivity index (χ1) is 14.6. The Morgan fingerprint density at radius 1 is 1.22 bits per heavy atom. The molecule has 1 aromatic heterocycles. The summed E-state index contributed by atoms with van der Waals surface area (Å²) in [5.74, 6) is -4.46. The summed E-state index contributed by atoms with van der Waals surface area (Å²) in [6.07, 6.45) is -3.82. The van der Waals surface area contributed by atoms with Crippen LogP contribution in [-0.4, -0.2) is 56.6 Å². The monoisotopic (exact) mass is 475 g/mol. The van der Waals surface area contributed by atoms with Crippen molar-refractivity contribution in [3.63, 3.8) is 0 Å². The number of alkyl halides is 3. The van der Waals surface area contributed by atoms with E-state index in [1.165, 1.54) is 7.05 Å². The molecule has 1 heterocycles. The van der Waals surface area contributed by atoms with Gasteiger partial charge in [-0.2, -0.15) is 13.2 Å². The number of hydrogen-bond acceptors (Lipinski definition) is 6. The molecule has 0 aliphatic carbocycles. The lowest BCUT2D eigenvalue weighted by Gasteiger charge is -2.22. The second-order valence-corrected chi connectivity index (χ2v) is 9.05. The van der Waals surface area contributed by atoms with Gasteiger partial charge in [-0.25, -0.2) is 12.8 Å². The number of aromatic nitrogens is 1. The molecule has 0 bridgehead atoms. The molecule has 0 fully saturated rings. The number of benzene rings is 1. The van der Waals surface area contributed by atoms with Crippen LogP contribution >= 0.6 is 0 Å². The maximum Gasteiger partial charge on any atom is 0.417 e. The average Bonchev–Trinajstić information content (AvgIpc) is 2.67. The Hall–Kier alpha value is -3.00. The van der Waals surface area contributed by atoms with Gasteiger partial charge in [0.1, 0.15) is 5.82 Å². The Bertz CT molecular complexity index is 1170. The molecule has 0 saturated carbocycles. The van der Waals surface area contributed by atoms with Gasteiger partial charge in [-0.15, -0.1) is 0 Å². The summed E-state index contributed by atoms with van der Waals surface area (Å²) >= 11 is 0. The minimum atomic E-state index is -4.74. The maximum atomic E-state index is 14.1. The number of hydrogen-bond donors (Lipinski definition) is 3. The first-order valence-corrected chi connectivity index (χ1v) is 10.6. The molecule has 0 radical (unpaired) electrons. The van der Waals surface area contributed by atoms with Gasteiger partial charge in [0, 0.05) is 18.8 Å². The Balaban J connectivity index is 2.26. The summed E-state index contributed by atoms with van der Waals surface area (Å²) < 4.78 is 78.3. The smallest absolute Gasteiger partial charge is 0.379 e. The molecule has 8 nitrogen and oxygen atoms in total. The minimum absolute atomic E-state index is 0.341. The van der Waals surface area contributed by atoms with Gasteiger partial charge in [0.15, 0.2) is 23.3 Å². The van der Waals surface area contributed by atoms with Crippen molar-refractivity contribution >= 4 is 40.8 Å². The summed E-state index contributed by atoms with van der Waals surface area (Å²) in [6, 6.07) is 3.01. The van der Waals surface area contributed by atoms with Crippen LogP contribution in [0.15, 0.2) is 35.4 Å². The number of carbonyl (C=O) groups excluding carboxylic acids is 2. The largest absolute Gasteiger partial charge is 0.417 e. The Kier molecular flexibility index (Phi) is 7.00. The van der Waals surface area contributed by atoms with Crippen LogP contribution < -0.4 is 16.2 Å². The molecule has 172 valence electrons. The molecular formula is C18H18BF4N3O5S. The van der Waals surface area contributed by atoms with Gasteiger partial charge in [-0.3, -0.25) is 14.6 Å². The van der Waals surface area contributed by atoms with Crippen LogP contribution in [0.25, 0.3) is 0 Å². The van der Waals surface area contributed by atoms with E-state index >= 15 is 0 Å². The number of nitrogens with zero attached hydrogens (tertiary/aromatic N) is 1. The van der Waals surface area contributed by atoms with E-state index in [4.69, 9.17) is 0 Å². The van der Waals surface area contributed by atoms with Crippen LogP contribution in [0.2, 0.25) is 0 Å². The van der Waals surface area contributed by atoms with Crippen LogP contribution in [0, 0.1) is 5.82 Å². The molecule has 3 N–H and O–H groups in total. The lowest BCUT2D eigenvalue weighted by atomic mass is 9.97. The van der Waals surface area contributed by atoms with E-state index in [2.05, 4.69) is 10.3 Å². The summed E-state index contributed by atoms with van der Waals surface area (Å²) in [5.41, 5.74) is -4.88. The maximum absolute atomic E-state index is 14.1. The Morgan fingerprint density at radius 3 is 2.38 bits per heavy atom. The van der Waals surface area contributed by atoms with Crippen molar-refractivity contribution in [3.05, 3.63) is 47.4 Å². The predicted molar refractivity (Wildman–Crippen MR) is 109 cm³/mol. The lowest BCUT2D eigenvalue weighted by Crippen LogP contribution is -2.46. The zero-order chi connectivity index (χ0) is 24.5. The van der Waals surface area contributed by atoms with Crippen LogP contribution in [0.4, 0.5) is 23.2 Å². The molecule has 2 rings (SSSR count). The highest BCUT2D eigenvalue weighted by Crippen LogP contribution is 2.29. The first kappa shape index (κ1) is 25.3. The van der Waals surface area contributed by atoms with Crippen LogP contribution in [-0.2, 0) is 20.8 Å². The second kappa shape index (κ2) is 8.86. The summed E-state index contributed by atoms with van der Waals surface area (Å²) in [7, 11) is -2.07. The molecule has 0 aliphatic heterocycles. The van der Waals surface area contributed by atoms with Gasteiger partial charge in [0.2, 0.25) is 0 Å². The molecule has 2 aromatic rings. The van der Waals surface area contributed by atoms with Crippen LogP contribution in [0.1, 0.15) is 22.8 Å². The fraction of sp³-hybridized carbons (Fsp3) is 0.278. The van der Waals surface area contributed by atoms with Gasteiger partial charge in [-0.05, 0) is 31.2 Å². The number of aliphatic hydroxyl groups is 1. The fourth-order valence-corrected chi connectivity index (χ4v) is 4.28. The van der Waals surface area contributed by atoms with Crippen molar-refractivity contribution in [2.24, 2.45) is 0 Å². The molecule has 2 amide bonds. The SMILES string of the molecule is Bc1ncc(NC(=O)[C@@](C)(O)CS(=O)(=O)c2ccc(C(=O)NC)c(F)c2)cc1C(F)(F)F. The highest BCUT2D eigenvalue weighted by atomic mass is 32.2. The van der Waals surface area contributed by atoms with Crippen molar-refractivity contribution in [1.82, 2.24) is 10.3 Å². The van der Waals surface area contributed by atoms with E-state index in [1.807, 2.05) is 5.32 Å². The standard InChI is InChI=1S/C18H18BF4N3O5S/c1-17(29,16(28)26-9-5-12(18(21,22)23)14(19)25-7-9)8-32(30,31)10-3-4-11(13(20)6-10)15(27)24-2/h3-7,29H,8,19H2,1-2H3,(H,24,27)(H,26,28)/t17-/m0/s1. The van der Waals surface area contributed by atoms with Crippen molar-refractivity contribution in [2.45, 2.75) is 23.6 Å². The summed E-state index contributed by atoms with van der Waals surface area (Å²) in [4.78, 5) is 26.8. The number of pyridine rings is 1. The van der Waals surface area contributed by atoms with E-state index in [-0.39, 0.29) is 5.59 Å². The lowest BCUT2D eigenvalue weighted by molar-refractivity contribution is -0.137. The molecule has 14 heteroatoms. The minimum Gasteiger partial charge on any atom is -0.379 e. The number of anilines is 1. The normalized spacial score (nSPS) is 13.8. The molecule has 1 atom stereocenters. The van der Waals surface area contributed by atoms with Crippen molar-refractivity contribution in [2.75, 3.05) is 18.1 Å². The molecular weight excluding hydrogens is 457 g/mol. The van der Waals surface area contributed by atoms with Gasteiger partial charge < -0.3 is 15.7 Å². The second-order valence-electron chi connectivity index (χ2n) is 7.06. The van der Waals surface area contributed by atoms with Crippen LogP contribution in [0.3, 0.4) is 0 Å². The van der Waals surface area contributed by atoms with Crippen molar-refractivity contribution in [1.29, 1.82) is 0 Å². The fourth-order valence-electron chi connectivity index (χ4n) is 2.68. The van der Waals surface area contributed by atoms with Crippen molar-refractivity contribution in [3.8, 4) is 0 Å². The zero-order valence-corrected chi connectivity index (χ0v) is 17.9. The van der Waals surface area contributed by atoms with Gasteiger partial charge in [0.05, 0.1) is 27.5 Å². The van der Waals surface area contributed by atoms with E-state index in [1.54, 1.807) is 0 Å². The Morgan fingerprint density at radius 2 is 1.84 bits per heavy atom. The first-order valence-electron chi connectivity index (χ1n) is 8.90. The van der Waals surface area contributed by atoms with E-state index in [0.29, 0.717) is 12.1 Å². The Labute approximate surface area is 181 Å². The number of amides is 2. The number of nitrogens with one attached hydrogen (secondary N) is 2. The molecule has 0 saturated heterocycles. The molecule has 0 spiro atoms. The summed E-state index contributed by atoms with van der Waals surface area (Å²) in [5, 5.41) is 14.6. The van der Waals surface area contributed by atoms with Gasteiger partial charge in [-0.1, -0.05) is 0 Å². The summed E-state index contributed by atoms with van der Waals surface area (Å²) in [6.45, 7) is 0.835. The number of rotatable bonds is 6. The van der Waals surface area contributed by atoms with E-state index in [0.717, 1.165) is 33.1 Å². The van der Waals surface area contributed by atoms with E-state index < -0.39 is 66.7 Å². The molecule has 1 aromatic carbocycles. The third-order valence-electron chi connectivity index (χ3n) is 4.38. The van der Waals surface area contributed by atoms with Gasteiger partial charge in [0.25, 0.3) is 11.8 Å². The van der Waals surface area contributed by atoms with Gasteiger partial charge >= 0.3 is 6.18 Å². The third kappa shape index (κ3) is 5.62. The quantitative estimate of drug-likeness (QED) is 0.400. The molecule has 0 aliphatic rings. The van der Waals surface area contributed by atoms with Crippen molar-refractivity contribution < 1.29 is 40.7 Å². The van der Waals surface area contributed by atoms with Crippen LogP contribution in [0.5, 0.6) is 0 Å². The number of sulfone groups is 1. The predicted octanol–water partition coefficient (Wildman–Crippen LogP) is 0.0209. The number of carbonyl (C=O) groups is 2. The molecule has 32 heavy (non-hydrogen) atoms. The molecule has 0 unspecified atom stereocenters. The average molecular weight is 475 g/mol. The number of halogens is 4. The third-order valence-corrected chi connectivity index (χ3v) is 6.30. The van der Waals surface area contributed by atoms with E-state index in [9.17, 15) is 40.7 Å². The topological polar surface area (TPSA) is 125 Å². The highest BCUT2D eigenvalue weighted by Gasteiger charge is 2.38. The highest BCUT2D eigenvalue weighted by molar-refractivity contribution is 7.91. The zero-order valence-electron chi connectivity index (χ0n) is 17.0.